The first kappa shape index (κ1) is 13.6. The van der Waals surface area contributed by atoms with Gasteiger partial charge in [-0.05, 0) is 54.3 Å². The number of hydrogen-bond acceptors (Lipinski definition) is 2. The largest absolute Gasteiger partial charge is 0.385 e. The van der Waals surface area contributed by atoms with E-state index in [1.54, 1.807) is 0 Å². The maximum Gasteiger partial charge on any atom is 0.0911 e. The summed E-state index contributed by atoms with van der Waals surface area (Å²) < 4.78 is 0. The number of benzene rings is 1. The van der Waals surface area contributed by atoms with Gasteiger partial charge in [0.15, 0.2) is 0 Å². The van der Waals surface area contributed by atoms with E-state index in [1.165, 1.54) is 11.1 Å². The molecule has 3 N–H and O–H groups in total. The molecule has 1 unspecified atom stereocenters. The minimum Gasteiger partial charge on any atom is -0.385 e. The van der Waals surface area contributed by atoms with E-state index in [1.807, 2.05) is 0 Å². The van der Waals surface area contributed by atoms with Gasteiger partial charge in [0.25, 0.3) is 0 Å². The van der Waals surface area contributed by atoms with Crippen LogP contribution in [0.3, 0.4) is 0 Å². The van der Waals surface area contributed by atoms with Gasteiger partial charge in [-0.3, -0.25) is 0 Å². The number of nitrogens with two attached hydrogens (primary N) is 1. The van der Waals surface area contributed by atoms with Crippen LogP contribution in [0, 0.1) is 0 Å². The van der Waals surface area contributed by atoms with Crippen molar-refractivity contribution in [3.8, 4) is 0 Å². The number of fused-ring (bicyclic) bond motifs is 1. The van der Waals surface area contributed by atoms with Crippen molar-refractivity contribution in [2.45, 2.75) is 57.5 Å². The van der Waals surface area contributed by atoms with E-state index in [2.05, 4.69) is 39.0 Å². The zero-order valence-electron chi connectivity index (χ0n) is 11.8. The molecule has 2 rings (SSSR count). The molecule has 100 valence electrons. The molecular formula is C16H25NO. The van der Waals surface area contributed by atoms with E-state index in [9.17, 15) is 5.11 Å². The van der Waals surface area contributed by atoms with Gasteiger partial charge in [-0.1, -0.05) is 39.0 Å². The summed E-state index contributed by atoms with van der Waals surface area (Å²) in [7, 11) is 0. The second-order valence-corrected chi connectivity index (χ2v) is 6.55. The highest BCUT2D eigenvalue weighted by atomic mass is 16.3. The molecule has 0 aliphatic heterocycles. The molecule has 0 aromatic heterocycles. The first-order valence-corrected chi connectivity index (χ1v) is 6.93. The molecule has 0 heterocycles. The molecule has 1 aliphatic rings. The second-order valence-electron chi connectivity index (χ2n) is 6.55. The van der Waals surface area contributed by atoms with Crippen LogP contribution in [0.2, 0.25) is 0 Å². The summed E-state index contributed by atoms with van der Waals surface area (Å²) >= 11 is 0. The summed E-state index contributed by atoms with van der Waals surface area (Å²) in [6, 6.07) is 6.59. The molecule has 2 nitrogen and oxygen atoms in total. The van der Waals surface area contributed by atoms with E-state index in [0.717, 1.165) is 24.8 Å². The molecule has 2 heteroatoms. The summed E-state index contributed by atoms with van der Waals surface area (Å²) in [5.74, 6) is 0. The third-order valence-electron chi connectivity index (χ3n) is 4.07. The average molecular weight is 247 g/mol. The maximum absolute atomic E-state index is 10.8. The molecule has 0 saturated carbocycles. The van der Waals surface area contributed by atoms with Crippen molar-refractivity contribution in [3.63, 3.8) is 0 Å². The Morgan fingerprint density at radius 3 is 2.67 bits per heavy atom. The van der Waals surface area contributed by atoms with Crippen molar-refractivity contribution >= 4 is 0 Å². The van der Waals surface area contributed by atoms with Gasteiger partial charge in [0.1, 0.15) is 0 Å². The topological polar surface area (TPSA) is 46.2 Å². The van der Waals surface area contributed by atoms with Crippen molar-refractivity contribution in [1.29, 1.82) is 0 Å². The number of aliphatic hydroxyl groups is 1. The summed E-state index contributed by atoms with van der Waals surface area (Å²) in [4.78, 5) is 0. The van der Waals surface area contributed by atoms with Crippen molar-refractivity contribution in [1.82, 2.24) is 0 Å². The van der Waals surface area contributed by atoms with Gasteiger partial charge < -0.3 is 10.8 Å². The van der Waals surface area contributed by atoms with Crippen LogP contribution < -0.4 is 5.73 Å². The lowest BCUT2D eigenvalue weighted by atomic mass is 9.74. The Morgan fingerprint density at radius 1 is 1.33 bits per heavy atom. The van der Waals surface area contributed by atoms with Crippen LogP contribution in [-0.4, -0.2) is 11.7 Å². The molecule has 18 heavy (non-hydrogen) atoms. The lowest BCUT2D eigenvalue weighted by molar-refractivity contribution is 0.0124. The molecule has 1 aromatic carbocycles. The first-order valence-electron chi connectivity index (χ1n) is 6.93. The van der Waals surface area contributed by atoms with Crippen LogP contribution in [0.5, 0.6) is 0 Å². The van der Waals surface area contributed by atoms with Crippen LogP contribution in [-0.2, 0) is 17.4 Å². The van der Waals surface area contributed by atoms with Gasteiger partial charge in [-0.2, -0.15) is 0 Å². The molecule has 0 spiro atoms. The predicted molar refractivity (Wildman–Crippen MR) is 75.6 cm³/mol. The monoisotopic (exact) mass is 247 g/mol. The van der Waals surface area contributed by atoms with Crippen LogP contribution in [0.15, 0.2) is 18.2 Å². The van der Waals surface area contributed by atoms with E-state index >= 15 is 0 Å². The van der Waals surface area contributed by atoms with Gasteiger partial charge >= 0.3 is 0 Å². The molecule has 1 atom stereocenters. The Kier molecular flexibility index (Phi) is 3.52. The first-order chi connectivity index (χ1) is 8.37. The SMILES string of the molecule is CC(C)(C)c1ccc2c(c1)C(O)(CCN)CCC2. The third kappa shape index (κ3) is 2.45. The highest BCUT2D eigenvalue weighted by molar-refractivity contribution is 5.40. The van der Waals surface area contributed by atoms with E-state index in [4.69, 9.17) is 5.73 Å². The van der Waals surface area contributed by atoms with Crippen LogP contribution in [0.4, 0.5) is 0 Å². The number of hydrogen-bond donors (Lipinski definition) is 2. The summed E-state index contributed by atoms with van der Waals surface area (Å²) in [5, 5.41) is 10.8. The van der Waals surface area contributed by atoms with Crippen LogP contribution in [0.25, 0.3) is 0 Å². The highest BCUT2D eigenvalue weighted by Gasteiger charge is 2.34. The fourth-order valence-electron chi connectivity index (χ4n) is 2.90. The maximum atomic E-state index is 10.8. The summed E-state index contributed by atoms with van der Waals surface area (Å²) in [6.07, 6.45) is 3.63. The Hall–Kier alpha value is -0.860. The molecule has 0 radical (unpaired) electrons. The normalized spacial score (nSPS) is 23.8. The fourth-order valence-corrected chi connectivity index (χ4v) is 2.90. The molecule has 1 aliphatic carbocycles. The molecule has 1 aromatic rings. The van der Waals surface area contributed by atoms with E-state index in [0.29, 0.717) is 13.0 Å². The molecule has 0 fully saturated rings. The van der Waals surface area contributed by atoms with Crippen molar-refractivity contribution in [2.75, 3.05) is 6.54 Å². The zero-order chi connectivity index (χ0) is 13.4. The number of rotatable bonds is 2. The fraction of sp³-hybridized carbons (Fsp3) is 0.625. The highest BCUT2D eigenvalue weighted by Crippen LogP contribution is 2.39. The van der Waals surface area contributed by atoms with E-state index in [-0.39, 0.29) is 5.41 Å². The standard InChI is InChI=1S/C16H25NO/c1-15(2,3)13-7-6-12-5-4-8-16(18,9-10-17)14(12)11-13/h6-7,11,18H,4-5,8-10,17H2,1-3H3. The van der Waals surface area contributed by atoms with Crippen molar-refractivity contribution in [3.05, 3.63) is 34.9 Å². The quantitative estimate of drug-likeness (QED) is 0.844. The van der Waals surface area contributed by atoms with Crippen molar-refractivity contribution in [2.24, 2.45) is 5.73 Å². The molecule has 0 bridgehead atoms. The van der Waals surface area contributed by atoms with Gasteiger partial charge in [0.2, 0.25) is 0 Å². The smallest absolute Gasteiger partial charge is 0.0911 e. The summed E-state index contributed by atoms with van der Waals surface area (Å²) in [5.41, 5.74) is 8.79. The molecule has 0 saturated heterocycles. The van der Waals surface area contributed by atoms with Gasteiger partial charge in [0.05, 0.1) is 5.60 Å². The summed E-state index contributed by atoms with van der Waals surface area (Å²) in [6.45, 7) is 7.16. The lowest BCUT2D eigenvalue weighted by Crippen LogP contribution is -2.33. The Morgan fingerprint density at radius 2 is 2.06 bits per heavy atom. The van der Waals surface area contributed by atoms with Crippen LogP contribution in [0.1, 0.15) is 56.7 Å². The van der Waals surface area contributed by atoms with Gasteiger partial charge in [-0.25, -0.2) is 0 Å². The van der Waals surface area contributed by atoms with E-state index < -0.39 is 5.60 Å². The second kappa shape index (κ2) is 4.67. The Labute approximate surface area is 110 Å². The molecular weight excluding hydrogens is 222 g/mol. The van der Waals surface area contributed by atoms with Gasteiger partial charge in [-0.15, -0.1) is 0 Å². The lowest BCUT2D eigenvalue weighted by Gasteiger charge is -2.35. The third-order valence-corrected chi connectivity index (χ3v) is 4.07. The predicted octanol–water partition coefficient (Wildman–Crippen LogP) is 2.86. The number of aryl methyl sites for hydroxylation is 1. The molecule has 0 amide bonds. The minimum atomic E-state index is -0.705. The zero-order valence-corrected chi connectivity index (χ0v) is 11.8. The Bertz CT molecular complexity index is 433. The van der Waals surface area contributed by atoms with Crippen molar-refractivity contribution < 1.29 is 5.11 Å². The van der Waals surface area contributed by atoms with Crippen LogP contribution >= 0.6 is 0 Å². The van der Waals surface area contributed by atoms with Gasteiger partial charge in [0, 0.05) is 0 Å². The average Bonchev–Trinajstić information content (AvgIpc) is 2.28. The Balaban J connectivity index is 2.48. The minimum absolute atomic E-state index is 0.121.